The molecule has 0 aromatic rings. The van der Waals surface area contributed by atoms with Crippen LogP contribution in [0.15, 0.2) is 0 Å². The lowest BCUT2D eigenvalue weighted by Crippen LogP contribution is -2.47. The van der Waals surface area contributed by atoms with Gasteiger partial charge in [-0.05, 0) is 25.7 Å². The number of aliphatic carboxylic acids is 1. The van der Waals surface area contributed by atoms with E-state index in [9.17, 15) is 4.79 Å². The number of carboxylic acid groups (broad SMARTS) is 1. The molecule has 0 bridgehead atoms. The summed E-state index contributed by atoms with van der Waals surface area (Å²) >= 11 is 0. The van der Waals surface area contributed by atoms with Crippen molar-refractivity contribution >= 4 is 5.97 Å². The van der Waals surface area contributed by atoms with E-state index in [1.54, 1.807) is 0 Å². The molecule has 0 aromatic carbocycles. The Hall–Kier alpha value is -0.570. The molecule has 1 aliphatic rings. The molecule has 11 heavy (non-hydrogen) atoms. The summed E-state index contributed by atoms with van der Waals surface area (Å²) in [5.74, 6) is -0.184. The lowest BCUT2D eigenvalue weighted by molar-refractivity contribution is -0.140. The molecule has 0 aromatic heterocycles. The molecule has 0 radical (unpaired) electrons. The van der Waals surface area contributed by atoms with Crippen LogP contribution in [0.2, 0.25) is 0 Å². The van der Waals surface area contributed by atoms with Crippen LogP contribution in [0.25, 0.3) is 0 Å². The van der Waals surface area contributed by atoms with Crippen molar-refractivity contribution < 1.29 is 9.90 Å². The average molecular weight is 157 g/mol. The van der Waals surface area contributed by atoms with Crippen LogP contribution in [-0.4, -0.2) is 23.2 Å². The summed E-state index contributed by atoms with van der Waals surface area (Å²) in [6, 6.07) is 0.0219. The van der Waals surface area contributed by atoms with Gasteiger partial charge in [-0.1, -0.05) is 6.92 Å². The Kier molecular flexibility index (Phi) is 2.49. The zero-order valence-corrected chi connectivity index (χ0v) is 7.00. The highest BCUT2D eigenvalue weighted by Gasteiger charge is 2.27. The predicted octanol–water partition coefficient (Wildman–Crippen LogP) is 0.848. The molecule has 2 N–H and O–H groups in total. The third-order valence-corrected chi connectivity index (χ3v) is 2.18. The van der Waals surface area contributed by atoms with Crippen LogP contribution in [-0.2, 0) is 4.79 Å². The smallest absolute Gasteiger partial charge is 0.320 e. The molecule has 3 atom stereocenters. The average Bonchev–Trinajstić information content (AvgIpc) is 1.85. The van der Waals surface area contributed by atoms with E-state index in [0.29, 0.717) is 12.0 Å². The van der Waals surface area contributed by atoms with Gasteiger partial charge in [0.15, 0.2) is 0 Å². The highest BCUT2D eigenvalue weighted by Crippen LogP contribution is 2.19. The molecule has 1 aliphatic heterocycles. The molecule has 1 saturated heterocycles. The van der Waals surface area contributed by atoms with E-state index in [2.05, 4.69) is 12.2 Å². The first-order valence-corrected chi connectivity index (χ1v) is 4.08. The summed E-state index contributed by atoms with van der Waals surface area (Å²) in [5.41, 5.74) is 0. The van der Waals surface area contributed by atoms with Crippen LogP contribution in [0.3, 0.4) is 0 Å². The molecule has 3 heteroatoms. The number of hydrogen-bond donors (Lipinski definition) is 2. The number of carbonyl (C=O) groups is 1. The highest BCUT2D eigenvalue weighted by atomic mass is 16.4. The SMILES string of the molecule is CC1CC(C)NC(C(=O)O)C1. The van der Waals surface area contributed by atoms with Crippen molar-refractivity contribution in [2.45, 2.75) is 38.8 Å². The zero-order valence-electron chi connectivity index (χ0n) is 7.00. The normalized spacial score (nSPS) is 38.5. The van der Waals surface area contributed by atoms with Crippen LogP contribution in [0.5, 0.6) is 0 Å². The Bertz CT molecular complexity index is 148. The minimum atomic E-state index is -0.719. The van der Waals surface area contributed by atoms with Crippen molar-refractivity contribution in [2.24, 2.45) is 5.92 Å². The van der Waals surface area contributed by atoms with Gasteiger partial charge >= 0.3 is 5.97 Å². The highest BCUT2D eigenvalue weighted by molar-refractivity contribution is 5.73. The van der Waals surface area contributed by atoms with E-state index >= 15 is 0 Å². The molecule has 0 aliphatic carbocycles. The second kappa shape index (κ2) is 3.22. The maximum absolute atomic E-state index is 10.6. The topological polar surface area (TPSA) is 49.3 Å². The third kappa shape index (κ3) is 2.19. The Morgan fingerprint density at radius 1 is 1.45 bits per heavy atom. The molecule has 64 valence electrons. The molecule has 1 heterocycles. The Labute approximate surface area is 66.8 Å². The molecule has 3 nitrogen and oxygen atoms in total. The number of piperidine rings is 1. The van der Waals surface area contributed by atoms with Crippen molar-refractivity contribution in [1.29, 1.82) is 0 Å². The minimum Gasteiger partial charge on any atom is -0.480 e. The second-order valence-electron chi connectivity index (χ2n) is 3.54. The van der Waals surface area contributed by atoms with Gasteiger partial charge in [0.2, 0.25) is 0 Å². The van der Waals surface area contributed by atoms with Crippen molar-refractivity contribution in [1.82, 2.24) is 5.32 Å². The lowest BCUT2D eigenvalue weighted by atomic mass is 9.90. The number of rotatable bonds is 1. The maximum atomic E-state index is 10.6. The van der Waals surface area contributed by atoms with Crippen LogP contribution < -0.4 is 5.32 Å². The summed E-state index contributed by atoms with van der Waals surface area (Å²) in [6.45, 7) is 4.14. The van der Waals surface area contributed by atoms with E-state index in [1.807, 2.05) is 6.92 Å². The summed E-state index contributed by atoms with van der Waals surface area (Å²) in [5, 5.41) is 11.8. The molecular weight excluding hydrogens is 142 g/mol. The summed E-state index contributed by atoms with van der Waals surface area (Å²) < 4.78 is 0. The van der Waals surface area contributed by atoms with Gasteiger partial charge in [-0.25, -0.2) is 0 Å². The van der Waals surface area contributed by atoms with Crippen molar-refractivity contribution in [3.63, 3.8) is 0 Å². The monoisotopic (exact) mass is 157 g/mol. The van der Waals surface area contributed by atoms with E-state index in [4.69, 9.17) is 5.11 Å². The van der Waals surface area contributed by atoms with E-state index in [0.717, 1.165) is 12.8 Å². The molecular formula is C8H15NO2. The van der Waals surface area contributed by atoms with Gasteiger partial charge in [-0.2, -0.15) is 0 Å². The standard InChI is InChI=1S/C8H15NO2/c1-5-3-6(2)9-7(4-5)8(10)11/h5-7,9H,3-4H2,1-2H3,(H,10,11). The maximum Gasteiger partial charge on any atom is 0.320 e. The second-order valence-corrected chi connectivity index (χ2v) is 3.54. The van der Waals surface area contributed by atoms with E-state index in [1.165, 1.54) is 0 Å². The summed E-state index contributed by atoms with van der Waals surface area (Å²) in [7, 11) is 0. The number of hydrogen-bond acceptors (Lipinski definition) is 2. The largest absolute Gasteiger partial charge is 0.480 e. The van der Waals surface area contributed by atoms with Gasteiger partial charge in [0, 0.05) is 6.04 Å². The van der Waals surface area contributed by atoms with Gasteiger partial charge in [0.1, 0.15) is 6.04 Å². The van der Waals surface area contributed by atoms with Crippen molar-refractivity contribution in [3.05, 3.63) is 0 Å². The quantitative estimate of drug-likeness (QED) is 0.593. The van der Waals surface area contributed by atoms with Crippen molar-refractivity contribution in [2.75, 3.05) is 0 Å². The molecule has 0 amide bonds. The van der Waals surface area contributed by atoms with Crippen LogP contribution in [0.1, 0.15) is 26.7 Å². The molecule has 0 saturated carbocycles. The fourth-order valence-corrected chi connectivity index (χ4v) is 1.75. The first kappa shape index (κ1) is 8.53. The first-order valence-electron chi connectivity index (χ1n) is 4.08. The van der Waals surface area contributed by atoms with Crippen molar-refractivity contribution in [3.8, 4) is 0 Å². The minimum absolute atomic E-state index is 0.325. The zero-order chi connectivity index (χ0) is 8.43. The van der Waals surface area contributed by atoms with Crippen LogP contribution >= 0.6 is 0 Å². The summed E-state index contributed by atoms with van der Waals surface area (Å²) in [4.78, 5) is 10.6. The third-order valence-electron chi connectivity index (χ3n) is 2.18. The van der Waals surface area contributed by atoms with Crippen LogP contribution in [0, 0.1) is 5.92 Å². The van der Waals surface area contributed by atoms with Gasteiger partial charge in [0.25, 0.3) is 0 Å². The Morgan fingerprint density at radius 3 is 2.55 bits per heavy atom. The first-order chi connectivity index (χ1) is 5.09. The van der Waals surface area contributed by atoms with E-state index < -0.39 is 5.97 Å². The Balaban J connectivity index is 2.49. The van der Waals surface area contributed by atoms with Gasteiger partial charge in [-0.3, -0.25) is 4.79 Å². The number of carboxylic acids is 1. The van der Waals surface area contributed by atoms with Crippen LogP contribution in [0.4, 0.5) is 0 Å². The molecule has 0 spiro atoms. The predicted molar refractivity (Wildman–Crippen MR) is 42.4 cm³/mol. The Morgan fingerprint density at radius 2 is 2.09 bits per heavy atom. The van der Waals surface area contributed by atoms with Gasteiger partial charge < -0.3 is 10.4 Å². The van der Waals surface area contributed by atoms with E-state index in [-0.39, 0.29) is 6.04 Å². The number of nitrogens with one attached hydrogen (secondary N) is 1. The molecule has 1 fully saturated rings. The van der Waals surface area contributed by atoms with Gasteiger partial charge in [0.05, 0.1) is 0 Å². The summed E-state index contributed by atoms with van der Waals surface area (Å²) in [6.07, 6.45) is 1.85. The molecule has 3 unspecified atom stereocenters. The fourth-order valence-electron chi connectivity index (χ4n) is 1.75. The molecule has 1 rings (SSSR count). The fraction of sp³-hybridized carbons (Fsp3) is 0.875. The van der Waals surface area contributed by atoms with Gasteiger partial charge in [-0.15, -0.1) is 0 Å². The lowest BCUT2D eigenvalue weighted by Gasteiger charge is -2.30.